The van der Waals surface area contributed by atoms with Crippen molar-refractivity contribution in [2.24, 2.45) is 0 Å². The van der Waals surface area contributed by atoms with Crippen molar-refractivity contribution in [3.8, 4) is 5.75 Å². The van der Waals surface area contributed by atoms with Crippen LogP contribution in [0.2, 0.25) is 0 Å². The SMILES string of the molecule is COc1ccc(CN(C(=O)c2cccc(F)c2)c2ccc(CC(=O)N3CCCC3)cc2)cc1. The molecule has 5 nitrogen and oxygen atoms in total. The van der Waals surface area contributed by atoms with E-state index in [0.717, 1.165) is 42.8 Å². The molecule has 0 bridgehead atoms. The number of amides is 2. The van der Waals surface area contributed by atoms with Crippen LogP contribution in [0.15, 0.2) is 72.8 Å². The predicted octanol–water partition coefficient (Wildman–Crippen LogP) is 4.85. The van der Waals surface area contributed by atoms with Gasteiger partial charge < -0.3 is 14.5 Å². The first-order valence-electron chi connectivity index (χ1n) is 11.1. The van der Waals surface area contributed by atoms with Crippen molar-refractivity contribution < 1.29 is 18.7 Å². The number of halogens is 1. The number of benzene rings is 3. The molecule has 33 heavy (non-hydrogen) atoms. The summed E-state index contributed by atoms with van der Waals surface area (Å²) >= 11 is 0. The molecule has 4 rings (SSSR count). The first-order chi connectivity index (χ1) is 16.0. The van der Waals surface area contributed by atoms with Gasteiger partial charge in [0.2, 0.25) is 5.91 Å². The van der Waals surface area contributed by atoms with E-state index in [-0.39, 0.29) is 17.4 Å². The summed E-state index contributed by atoms with van der Waals surface area (Å²) in [6.07, 6.45) is 2.47. The number of nitrogens with zero attached hydrogens (tertiary/aromatic N) is 2. The van der Waals surface area contributed by atoms with Crippen molar-refractivity contribution in [3.63, 3.8) is 0 Å². The Hall–Kier alpha value is -3.67. The summed E-state index contributed by atoms with van der Waals surface area (Å²) in [5, 5.41) is 0. The number of carbonyl (C=O) groups is 2. The third kappa shape index (κ3) is 5.58. The van der Waals surface area contributed by atoms with Gasteiger partial charge >= 0.3 is 0 Å². The van der Waals surface area contributed by atoms with Gasteiger partial charge in [0.1, 0.15) is 11.6 Å². The number of anilines is 1. The maximum atomic E-state index is 13.8. The zero-order valence-corrected chi connectivity index (χ0v) is 18.7. The van der Waals surface area contributed by atoms with Crippen LogP contribution in [0.3, 0.4) is 0 Å². The average Bonchev–Trinajstić information content (AvgIpc) is 3.38. The summed E-state index contributed by atoms with van der Waals surface area (Å²) in [6.45, 7) is 1.97. The van der Waals surface area contributed by atoms with Crippen LogP contribution in [0, 0.1) is 5.82 Å². The van der Waals surface area contributed by atoms with Crippen molar-refractivity contribution in [3.05, 3.63) is 95.3 Å². The molecule has 2 amide bonds. The van der Waals surface area contributed by atoms with E-state index in [9.17, 15) is 14.0 Å². The van der Waals surface area contributed by atoms with E-state index in [1.807, 2.05) is 53.4 Å². The smallest absolute Gasteiger partial charge is 0.258 e. The highest BCUT2D eigenvalue weighted by atomic mass is 19.1. The molecule has 0 aromatic heterocycles. The van der Waals surface area contributed by atoms with Crippen LogP contribution in [0.1, 0.15) is 34.3 Å². The fraction of sp³-hybridized carbons (Fsp3) is 0.259. The number of hydrogen-bond acceptors (Lipinski definition) is 3. The first kappa shape index (κ1) is 22.5. The van der Waals surface area contributed by atoms with Gasteiger partial charge in [0.15, 0.2) is 0 Å². The molecule has 0 spiro atoms. The lowest BCUT2D eigenvalue weighted by Gasteiger charge is -2.24. The summed E-state index contributed by atoms with van der Waals surface area (Å²) in [5.74, 6) is 0.104. The molecule has 170 valence electrons. The van der Waals surface area contributed by atoms with E-state index >= 15 is 0 Å². The van der Waals surface area contributed by atoms with E-state index in [2.05, 4.69) is 0 Å². The highest BCUT2D eigenvalue weighted by Crippen LogP contribution is 2.23. The van der Waals surface area contributed by atoms with E-state index in [1.165, 1.54) is 18.2 Å². The van der Waals surface area contributed by atoms with Gasteiger partial charge in [0, 0.05) is 24.3 Å². The van der Waals surface area contributed by atoms with E-state index < -0.39 is 5.82 Å². The number of carbonyl (C=O) groups excluding carboxylic acids is 2. The third-order valence-electron chi connectivity index (χ3n) is 5.88. The Morgan fingerprint density at radius 3 is 2.24 bits per heavy atom. The number of likely N-dealkylation sites (tertiary alicyclic amines) is 1. The minimum absolute atomic E-state index is 0.131. The molecule has 3 aromatic carbocycles. The molecule has 6 heteroatoms. The summed E-state index contributed by atoms with van der Waals surface area (Å²) in [6, 6.07) is 20.6. The molecule has 1 fully saturated rings. The van der Waals surface area contributed by atoms with E-state index in [1.54, 1.807) is 18.1 Å². The number of hydrogen-bond donors (Lipinski definition) is 0. The minimum Gasteiger partial charge on any atom is -0.497 e. The van der Waals surface area contributed by atoms with Gasteiger partial charge in [-0.25, -0.2) is 4.39 Å². The van der Waals surface area contributed by atoms with Crippen molar-refractivity contribution in [1.29, 1.82) is 0 Å². The predicted molar refractivity (Wildman–Crippen MR) is 126 cm³/mol. The molecule has 1 saturated heterocycles. The van der Waals surface area contributed by atoms with Crippen LogP contribution in [0.25, 0.3) is 0 Å². The quantitative estimate of drug-likeness (QED) is 0.522. The Kier molecular flexibility index (Phi) is 7.03. The van der Waals surface area contributed by atoms with Crippen LogP contribution in [0.5, 0.6) is 5.75 Å². The second kappa shape index (κ2) is 10.3. The van der Waals surface area contributed by atoms with Crippen molar-refractivity contribution in [2.45, 2.75) is 25.8 Å². The zero-order chi connectivity index (χ0) is 23.2. The molecule has 0 unspecified atom stereocenters. The molecule has 1 aliphatic rings. The fourth-order valence-electron chi connectivity index (χ4n) is 4.02. The summed E-state index contributed by atoms with van der Waals surface area (Å²) < 4.78 is 19.0. The minimum atomic E-state index is -0.457. The largest absolute Gasteiger partial charge is 0.497 e. The van der Waals surface area contributed by atoms with Crippen LogP contribution in [-0.2, 0) is 17.8 Å². The topological polar surface area (TPSA) is 49.9 Å². The van der Waals surface area contributed by atoms with Gasteiger partial charge in [0.05, 0.1) is 20.1 Å². The van der Waals surface area contributed by atoms with Crippen LogP contribution >= 0.6 is 0 Å². The van der Waals surface area contributed by atoms with Gasteiger partial charge in [-0.1, -0.05) is 30.3 Å². The first-order valence-corrected chi connectivity index (χ1v) is 11.1. The lowest BCUT2D eigenvalue weighted by Crippen LogP contribution is -2.30. The molecule has 3 aromatic rings. The van der Waals surface area contributed by atoms with Crippen LogP contribution in [-0.4, -0.2) is 36.9 Å². The second-order valence-electron chi connectivity index (χ2n) is 8.18. The average molecular weight is 447 g/mol. The number of methoxy groups -OCH3 is 1. The number of rotatable bonds is 7. The van der Waals surface area contributed by atoms with Gasteiger partial charge in [0.25, 0.3) is 5.91 Å². The maximum Gasteiger partial charge on any atom is 0.258 e. The van der Waals surface area contributed by atoms with Crippen LogP contribution < -0.4 is 9.64 Å². The van der Waals surface area contributed by atoms with Gasteiger partial charge in [-0.15, -0.1) is 0 Å². The van der Waals surface area contributed by atoms with Gasteiger partial charge in [-0.05, 0) is 66.4 Å². The lowest BCUT2D eigenvalue weighted by atomic mass is 10.1. The highest BCUT2D eigenvalue weighted by Gasteiger charge is 2.21. The highest BCUT2D eigenvalue weighted by molar-refractivity contribution is 6.06. The van der Waals surface area contributed by atoms with E-state index in [4.69, 9.17) is 4.74 Å². The monoisotopic (exact) mass is 446 g/mol. The summed E-state index contributed by atoms with van der Waals surface area (Å²) in [7, 11) is 1.60. The Morgan fingerprint density at radius 1 is 0.939 bits per heavy atom. The molecular weight excluding hydrogens is 419 g/mol. The summed E-state index contributed by atoms with van der Waals surface area (Å²) in [4.78, 5) is 29.3. The molecule has 1 heterocycles. The summed E-state index contributed by atoms with van der Waals surface area (Å²) in [5.41, 5.74) is 2.77. The maximum absolute atomic E-state index is 13.8. The molecule has 0 atom stereocenters. The zero-order valence-electron chi connectivity index (χ0n) is 18.7. The van der Waals surface area contributed by atoms with Crippen molar-refractivity contribution >= 4 is 17.5 Å². The fourth-order valence-corrected chi connectivity index (χ4v) is 4.02. The molecule has 0 radical (unpaired) electrons. The molecule has 0 saturated carbocycles. The van der Waals surface area contributed by atoms with Gasteiger partial charge in [-0.2, -0.15) is 0 Å². The molecular formula is C27H27FN2O3. The lowest BCUT2D eigenvalue weighted by molar-refractivity contribution is -0.129. The molecule has 1 aliphatic heterocycles. The standard InChI is InChI=1S/C27H27FN2O3/c1-33-25-13-9-21(10-14-25)19-30(27(32)22-5-4-6-23(28)18-22)24-11-7-20(8-12-24)17-26(31)29-15-2-3-16-29/h4-14,18H,2-3,15-17,19H2,1H3. The molecule has 0 N–H and O–H groups in total. The second-order valence-corrected chi connectivity index (χ2v) is 8.18. The van der Waals surface area contributed by atoms with E-state index in [0.29, 0.717) is 18.7 Å². The van der Waals surface area contributed by atoms with Gasteiger partial charge in [-0.3, -0.25) is 9.59 Å². The molecule has 0 aliphatic carbocycles. The Bertz CT molecular complexity index is 1110. The Labute approximate surface area is 193 Å². The third-order valence-corrected chi connectivity index (χ3v) is 5.88. The Morgan fingerprint density at radius 2 is 1.61 bits per heavy atom. The normalized spacial score (nSPS) is 13.1. The van der Waals surface area contributed by atoms with Crippen LogP contribution in [0.4, 0.5) is 10.1 Å². The number of ether oxygens (including phenoxy) is 1. The van der Waals surface area contributed by atoms with Crippen molar-refractivity contribution in [2.75, 3.05) is 25.1 Å². The van der Waals surface area contributed by atoms with Crippen molar-refractivity contribution in [1.82, 2.24) is 4.90 Å². The Balaban J connectivity index is 1.57.